The minimum absolute atomic E-state index is 0.0816. The topological polar surface area (TPSA) is 84.0 Å². The van der Waals surface area contributed by atoms with E-state index in [2.05, 4.69) is 20.6 Å². The second kappa shape index (κ2) is 7.93. The molecule has 1 aromatic rings. The molecule has 0 radical (unpaired) electrons. The average Bonchev–Trinajstić information content (AvgIpc) is 2.37. The zero-order valence-electron chi connectivity index (χ0n) is 12.7. The van der Waals surface area contributed by atoms with Gasteiger partial charge in [-0.3, -0.25) is 9.59 Å². The molecule has 0 unspecified atom stereocenters. The summed E-state index contributed by atoms with van der Waals surface area (Å²) < 4.78 is 0. The quantitative estimate of drug-likeness (QED) is 0.840. The molecule has 0 atom stereocenters. The summed E-state index contributed by atoms with van der Waals surface area (Å²) in [7, 11) is 0. The van der Waals surface area contributed by atoms with Gasteiger partial charge in [-0.05, 0) is 13.8 Å². The molecule has 2 amide bonds. The molecule has 6 nitrogen and oxygen atoms in total. The standard InChI is InChI=1S/C14H21ClN4O2/c1-8(2)13-17-7-10(15)12(19-13)14(21)16-6-5-11(20)18-9(3)4/h7-9H,5-6H2,1-4H3,(H,16,21)(H,18,20). The molecule has 7 heteroatoms. The summed E-state index contributed by atoms with van der Waals surface area (Å²) in [6.45, 7) is 7.85. The SMILES string of the molecule is CC(C)NC(=O)CCNC(=O)c1nc(C(C)C)ncc1Cl. The number of carbonyl (C=O) groups is 2. The van der Waals surface area contributed by atoms with Gasteiger partial charge in [0.15, 0.2) is 0 Å². The largest absolute Gasteiger partial charge is 0.354 e. The van der Waals surface area contributed by atoms with Crippen molar-refractivity contribution in [1.29, 1.82) is 0 Å². The van der Waals surface area contributed by atoms with E-state index in [4.69, 9.17) is 11.6 Å². The zero-order valence-corrected chi connectivity index (χ0v) is 13.5. The Labute approximate surface area is 129 Å². The van der Waals surface area contributed by atoms with E-state index in [1.165, 1.54) is 6.20 Å². The van der Waals surface area contributed by atoms with Crippen LogP contribution in [0, 0.1) is 0 Å². The van der Waals surface area contributed by atoms with Crippen LogP contribution in [-0.4, -0.2) is 34.4 Å². The molecule has 2 N–H and O–H groups in total. The first-order valence-corrected chi connectivity index (χ1v) is 7.29. The molecule has 0 saturated heterocycles. The van der Waals surface area contributed by atoms with Gasteiger partial charge in [-0.25, -0.2) is 9.97 Å². The van der Waals surface area contributed by atoms with Gasteiger partial charge in [-0.1, -0.05) is 25.4 Å². The van der Waals surface area contributed by atoms with Crippen LogP contribution in [0.3, 0.4) is 0 Å². The fourth-order valence-corrected chi connectivity index (χ4v) is 1.76. The molecular weight excluding hydrogens is 292 g/mol. The van der Waals surface area contributed by atoms with Crippen molar-refractivity contribution in [3.05, 3.63) is 22.7 Å². The first-order valence-electron chi connectivity index (χ1n) is 6.91. The number of hydrogen-bond donors (Lipinski definition) is 2. The van der Waals surface area contributed by atoms with Crippen molar-refractivity contribution in [3.8, 4) is 0 Å². The normalized spacial score (nSPS) is 10.8. The Hall–Kier alpha value is -1.69. The van der Waals surface area contributed by atoms with Crippen LogP contribution in [0.15, 0.2) is 6.20 Å². The minimum Gasteiger partial charge on any atom is -0.354 e. The number of halogens is 1. The lowest BCUT2D eigenvalue weighted by atomic mass is 10.2. The van der Waals surface area contributed by atoms with Crippen LogP contribution in [0.2, 0.25) is 5.02 Å². The van der Waals surface area contributed by atoms with Crippen LogP contribution < -0.4 is 10.6 Å². The van der Waals surface area contributed by atoms with Crippen molar-refractivity contribution >= 4 is 23.4 Å². The molecule has 116 valence electrons. The molecule has 21 heavy (non-hydrogen) atoms. The number of rotatable bonds is 6. The van der Waals surface area contributed by atoms with E-state index in [0.29, 0.717) is 5.82 Å². The predicted molar refractivity (Wildman–Crippen MR) is 81.4 cm³/mol. The highest BCUT2D eigenvalue weighted by molar-refractivity contribution is 6.33. The zero-order chi connectivity index (χ0) is 16.0. The van der Waals surface area contributed by atoms with E-state index < -0.39 is 5.91 Å². The third-order valence-electron chi connectivity index (χ3n) is 2.58. The summed E-state index contributed by atoms with van der Waals surface area (Å²) in [4.78, 5) is 31.7. The number of carbonyl (C=O) groups excluding carboxylic acids is 2. The first-order chi connectivity index (χ1) is 9.81. The first kappa shape index (κ1) is 17.4. The summed E-state index contributed by atoms with van der Waals surface area (Å²) in [5.41, 5.74) is 0.139. The Morgan fingerprint density at radius 3 is 2.52 bits per heavy atom. The van der Waals surface area contributed by atoms with Gasteiger partial charge in [0.1, 0.15) is 11.5 Å². The van der Waals surface area contributed by atoms with E-state index in [1.807, 2.05) is 27.7 Å². The number of nitrogens with zero attached hydrogens (tertiary/aromatic N) is 2. The maximum Gasteiger partial charge on any atom is 0.271 e. The van der Waals surface area contributed by atoms with Gasteiger partial charge in [-0.15, -0.1) is 0 Å². The van der Waals surface area contributed by atoms with Crippen LogP contribution in [0.1, 0.15) is 56.3 Å². The van der Waals surface area contributed by atoms with Crippen LogP contribution in [0.25, 0.3) is 0 Å². The second-order valence-corrected chi connectivity index (χ2v) is 5.71. The fraction of sp³-hybridized carbons (Fsp3) is 0.571. The molecule has 1 rings (SSSR count). The summed E-state index contributed by atoms with van der Waals surface area (Å²) in [6, 6.07) is 0.0816. The molecule has 0 aliphatic carbocycles. The van der Waals surface area contributed by atoms with Crippen LogP contribution in [0.4, 0.5) is 0 Å². The van der Waals surface area contributed by atoms with Crippen molar-refractivity contribution < 1.29 is 9.59 Å². The van der Waals surface area contributed by atoms with E-state index in [9.17, 15) is 9.59 Å². The van der Waals surface area contributed by atoms with Crippen LogP contribution in [0.5, 0.6) is 0 Å². The lowest BCUT2D eigenvalue weighted by Gasteiger charge is -2.10. The summed E-state index contributed by atoms with van der Waals surface area (Å²) in [6.07, 6.45) is 1.63. The van der Waals surface area contributed by atoms with E-state index in [-0.39, 0.29) is 41.5 Å². The molecule has 0 aromatic carbocycles. The number of hydrogen-bond acceptors (Lipinski definition) is 4. The Morgan fingerprint density at radius 1 is 1.29 bits per heavy atom. The monoisotopic (exact) mass is 312 g/mol. The second-order valence-electron chi connectivity index (χ2n) is 5.31. The molecule has 0 fully saturated rings. The summed E-state index contributed by atoms with van der Waals surface area (Å²) >= 11 is 5.94. The Bertz CT molecular complexity index is 518. The lowest BCUT2D eigenvalue weighted by molar-refractivity contribution is -0.121. The van der Waals surface area contributed by atoms with Crippen LogP contribution in [-0.2, 0) is 4.79 Å². The highest BCUT2D eigenvalue weighted by Gasteiger charge is 2.15. The van der Waals surface area contributed by atoms with E-state index in [1.54, 1.807) is 0 Å². The van der Waals surface area contributed by atoms with E-state index >= 15 is 0 Å². The highest BCUT2D eigenvalue weighted by atomic mass is 35.5. The smallest absolute Gasteiger partial charge is 0.271 e. The predicted octanol–water partition coefficient (Wildman–Crippen LogP) is 1.90. The van der Waals surface area contributed by atoms with E-state index in [0.717, 1.165) is 0 Å². The minimum atomic E-state index is -0.401. The highest BCUT2D eigenvalue weighted by Crippen LogP contribution is 2.16. The van der Waals surface area contributed by atoms with Crippen molar-refractivity contribution in [2.24, 2.45) is 0 Å². The van der Waals surface area contributed by atoms with Gasteiger partial charge in [0.25, 0.3) is 5.91 Å². The number of aromatic nitrogens is 2. The molecular formula is C14H21ClN4O2. The van der Waals surface area contributed by atoms with Gasteiger partial charge in [0.2, 0.25) is 5.91 Å². The van der Waals surface area contributed by atoms with Gasteiger partial charge in [0.05, 0.1) is 11.2 Å². The van der Waals surface area contributed by atoms with Gasteiger partial charge in [-0.2, -0.15) is 0 Å². The van der Waals surface area contributed by atoms with Crippen molar-refractivity contribution in [3.63, 3.8) is 0 Å². The fourth-order valence-electron chi connectivity index (χ4n) is 1.59. The molecule has 0 spiro atoms. The number of amides is 2. The number of nitrogens with one attached hydrogen (secondary N) is 2. The van der Waals surface area contributed by atoms with Gasteiger partial charge >= 0.3 is 0 Å². The molecule has 0 aliphatic heterocycles. The van der Waals surface area contributed by atoms with Crippen molar-refractivity contribution in [2.75, 3.05) is 6.54 Å². The third kappa shape index (κ3) is 5.67. The molecule has 0 aliphatic rings. The molecule has 0 saturated carbocycles. The molecule has 1 aromatic heterocycles. The Kier molecular flexibility index (Phi) is 6.55. The van der Waals surface area contributed by atoms with Gasteiger partial charge in [0, 0.05) is 24.9 Å². The maximum atomic E-state index is 12.0. The average molecular weight is 313 g/mol. The molecule has 0 bridgehead atoms. The molecule has 1 heterocycles. The summed E-state index contributed by atoms with van der Waals surface area (Å²) in [5, 5.41) is 5.58. The maximum absolute atomic E-state index is 12.0. The lowest BCUT2D eigenvalue weighted by Crippen LogP contribution is -2.34. The Balaban J connectivity index is 2.60. The Morgan fingerprint density at radius 2 is 1.95 bits per heavy atom. The summed E-state index contributed by atoms with van der Waals surface area (Å²) in [5.74, 6) is 0.149. The van der Waals surface area contributed by atoms with Crippen molar-refractivity contribution in [1.82, 2.24) is 20.6 Å². The van der Waals surface area contributed by atoms with Crippen LogP contribution >= 0.6 is 11.6 Å². The van der Waals surface area contributed by atoms with Crippen molar-refractivity contribution in [2.45, 2.75) is 46.1 Å². The third-order valence-corrected chi connectivity index (χ3v) is 2.86. The van der Waals surface area contributed by atoms with Gasteiger partial charge < -0.3 is 10.6 Å².